The number of alkyl halides is 3. The number of thiophene rings is 1. The van der Waals surface area contributed by atoms with E-state index in [1.165, 1.54) is 0 Å². The third-order valence-corrected chi connectivity index (χ3v) is 4.86. The summed E-state index contributed by atoms with van der Waals surface area (Å²) in [6, 6.07) is 13.5. The van der Waals surface area contributed by atoms with Crippen molar-refractivity contribution in [2.75, 3.05) is 0 Å². The topological polar surface area (TPSA) is 17.1 Å². The molecule has 6 heteroatoms. The summed E-state index contributed by atoms with van der Waals surface area (Å²) in [5, 5.41) is 0.886. The molecule has 0 aliphatic heterocycles. The SMILES string of the molecule is O=C(c1sc2c(Cl)cccc2c1-c1ccccc1)C(F)(F)F. The summed E-state index contributed by atoms with van der Waals surface area (Å²) >= 11 is 6.85. The second kappa shape index (κ2) is 5.41. The average Bonchev–Trinajstić information content (AvgIpc) is 2.87. The van der Waals surface area contributed by atoms with E-state index in [2.05, 4.69) is 0 Å². The van der Waals surface area contributed by atoms with Gasteiger partial charge in [-0.2, -0.15) is 13.2 Å². The van der Waals surface area contributed by atoms with E-state index in [1.807, 2.05) is 0 Å². The van der Waals surface area contributed by atoms with Crippen LogP contribution in [0.4, 0.5) is 13.2 Å². The van der Waals surface area contributed by atoms with Gasteiger partial charge in [-0.15, -0.1) is 11.3 Å². The van der Waals surface area contributed by atoms with Crippen molar-refractivity contribution >= 4 is 38.8 Å². The molecule has 0 spiro atoms. The largest absolute Gasteiger partial charge is 0.455 e. The van der Waals surface area contributed by atoms with Crippen LogP contribution in [0, 0.1) is 0 Å². The lowest BCUT2D eigenvalue weighted by Gasteiger charge is -2.07. The Kier molecular flexibility index (Phi) is 3.70. The highest BCUT2D eigenvalue weighted by molar-refractivity contribution is 7.22. The Balaban J connectivity index is 2.37. The standard InChI is InChI=1S/C16H8ClF3OS/c17-11-8-4-7-10-12(9-5-2-1-3-6-9)14(22-13(10)11)15(21)16(18,19)20/h1-8H. The van der Waals surface area contributed by atoms with Gasteiger partial charge in [0.2, 0.25) is 0 Å². The lowest BCUT2D eigenvalue weighted by molar-refractivity contribution is -0.0882. The van der Waals surface area contributed by atoms with Crippen molar-refractivity contribution < 1.29 is 18.0 Å². The minimum Gasteiger partial charge on any atom is -0.283 e. The van der Waals surface area contributed by atoms with Crippen molar-refractivity contribution in [1.29, 1.82) is 0 Å². The van der Waals surface area contributed by atoms with Crippen LogP contribution in [0.2, 0.25) is 5.02 Å². The summed E-state index contributed by atoms with van der Waals surface area (Å²) in [7, 11) is 0. The Morgan fingerprint density at radius 2 is 1.68 bits per heavy atom. The van der Waals surface area contributed by atoms with Gasteiger partial charge in [-0.05, 0) is 11.6 Å². The minimum absolute atomic E-state index is 0.283. The maximum atomic E-state index is 12.9. The van der Waals surface area contributed by atoms with Gasteiger partial charge in [-0.3, -0.25) is 4.79 Å². The summed E-state index contributed by atoms with van der Waals surface area (Å²) in [6.07, 6.45) is -4.92. The van der Waals surface area contributed by atoms with Crippen molar-refractivity contribution in [3.05, 3.63) is 58.4 Å². The number of hydrogen-bond acceptors (Lipinski definition) is 2. The fourth-order valence-electron chi connectivity index (χ4n) is 2.26. The van der Waals surface area contributed by atoms with E-state index in [1.54, 1.807) is 48.5 Å². The van der Waals surface area contributed by atoms with E-state index >= 15 is 0 Å². The molecular weight excluding hydrogens is 333 g/mol. The van der Waals surface area contributed by atoms with Crippen LogP contribution in [0.25, 0.3) is 21.2 Å². The zero-order valence-electron chi connectivity index (χ0n) is 10.9. The summed E-state index contributed by atoms with van der Waals surface area (Å²) in [6.45, 7) is 0. The molecule has 0 fully saturated rings. The Labute approximate surface area is 133 Å². The first-order valence-electron chi connectivity index (χ1n) is 6.27. The molecule has 0 aliphatic rings. The average molecular weight is 341 g/mol. The molecule has 0 radical (unpaired) electrons. The quantitative estimate of drug-likeness (QED) is 0.525. The second-order valence-corrected chi connectivity index (χ2v) is 6.04. The minimum atomic E-state index is -4.92. The predicted octanol–water partition coefficient (Wildman–Crippen LogP) is 5.97. The molecule has 0 bridgehead atoms. The molecule has 0 aliphatic carbocycles. The number of carbonyl (C=O) groups is 1. The van der Waals surface area contributed by atoms with Crippen LogP contribution in [0.3, 0.4) is 0 Å². The smallest absolute Gasteiger partial charge is 0.283 e. The van der Waals surface area contributed by atoms with Crippen LogP contribution in [0.5, 0.6) is 0 Å². The van der Waals surface area contributed by atoms with Gasteiger partial charge >= 0.3 is 6.18 Å². The van der Waals surface area contributed by atoms with Gasteiger partial charge in [-0.1, -0.05) is 54.1 Å². The lowest BCUT2D eigenvalue weighted by Crippen LogP contribution is -2.22. The van der Waals surface area contributed by atoms with E-state index in [-0.39, 0.29) is 10.4 Å². The number of halogens is 4. The molecule has 1 heterocycles. The van der Waals surface area contributed by atoms with Crippen molar-refractivity contribution in [3.63, 3.8) is 0 Å². The van der Waals surface area contributed by atoms with Crippen LogP contribution >= 0.6 is 22.9 Å². The van der Waals surface area contributed by atoms with Gasteiger partial charge in [0.1, 0.15) is 0 Å². The monoisotopic (exact) mass is 340 g/mol. The third kappa shape index (κ3) is 2.51. The van der Waals surface area contributed by atoms with Crippen molar-refractivity contribution in [3.8, 4) is 11.1 Å². The zero-order valence-corrected chi connectivity index (χ0v) is 12.5. The highest BCUT2D eigenvalue weighted by Crippen LogP contribution is 2.43. The van der Waals surface area contributed by atoms with Gasteiger partial charge < -0.3 is 0 Å². The molecule has 0 saturated heterocycles. The van der Waals surface area contributed by atoms with Gasteiger partial charge in [0.15, 0.2) is 0 Å². The Bertz CT molecular complexity index is 853. The molecule has 3 aromatic rings. The van der Waals surface area contributed by atoms with Gasteiger partial charge in [0.05, 0.1) is 14.6 Å². The number of fused-ring (bicyclic) bond motifs is 1. The van der Waals surface area contributed by atoms with Crippen molar-refractivity contribution in [2.24, 2.45) is 0 Å². The van der Waals surface area contributed by atoms with E-state index in [4.69, 9.17) is 11.6 Å². The highest BCUT2D eigenvalue weighted by atomic mass is 35.5. The molecule has 22 heavy (non-hydrogen) atoms. The summed E-state index contributed by atoms with van der Waals surface area (Å²) < 4.78 is 39.1. The predicted molar refractivity (Wildman–Crippen MR) is 82.7 cm³/mol. The highest BCUT2D eigenvalue weighted by Gasteiger charge is 2.42. The maximum absolute atomic E-state index is 12.9. The number of benzene rings is 2. The molecule has 0 saturated carbocycles. The number of rotatable bonds is 2. The fraction of sp³-hybridized carbons (Fsp3) is 0.0625. The van der Waals surface area contributed by atoms with Crippen LogP contribution in [-0.2, 0) is 0 Å². The molecule has 1 aromatic heterocycles. The summed E-state index contributed by atoms with van der Waals surface area (Å²) in [5.41, 5.74) is 0.842. The second-order valence-electron chi connectivity index (χ2n) is 4.62. The van der Waals surface area contributed by atoms with Gasteiger partial charge in [0, 0.05) is 10.9 Å². The Morgan fingerprint density at radius 3 is 2.32 bits per heavy atom. The molecule has 3 rings (SSSR count). The first-order valence-corrected chi connectivity index (χ1v) is 7.47. The Morgan fingerprint density at radius 1 is 1.00 bits per heavy atom. The molecule has 1 nitrogen and oxygen atoms in total. The first-order chi connectivity index (χ1) is 10.4. The normalized spacial score (nSPS) is 11.8. The number of Topliss-reactive ketones (excluding diaryl/α,β-unsaturated/α-hetero) is 1. The first kappa shape index (κ1) is 15.1. The van der Waals surface area contributed by atoms with E-state index < -0.39 is 12.0 Å². The van der Waals surface area contributed by atoms with Crippen LogP contribution in [0.15, 0.2) is 48.5 Å². The molecular formula is C16H8ClF3OS. The lowest BCUT2D eigenvalue weighted by atomic mass is 10.0. The maximum Gasteiger partial charge on any atom is 0.455 e. The van der Waals surface area contributed by atoms with Crippen LogP contribution in [-0.4, -0.2) is 12.0 Å². The summed E-state index contributed by atoms with van der Waals surface area (Å²) in [5.74, 6) is -1.84. The van der Waals surface area contributed by atoms with Crippen molar-refractivity contribution in [1.82, 2.24) is 0 Å². The fourth-order valence-corrected chi connectivity index (χ4v) is 3.74. The molecule has 0 amide bonds. The molecule has 0 atom stereocenters. The number of hydrogen-bond donors (Lipinski definition) is 0. The van der Waals surface area contributed by atoms with E-state index in [9.17, 15) is 18.0 Å². The van der Waals surface area contributed by atoms with Gasteiger partial charge in [-0.25, -0.2) is 0 Å². The summed E-state index contributed by atoms with van der Waals surface area (Å²) in [4.78, 5) is 11.5. The molecule has 2 aromatic carbocycles. The molecule has 0 unspecified atom stereocenters. The molecule has 0 N–H and O–H groups in total. The third-order valence-electron chi connectivity index (χ3n) is 3.19. The van der Waals surface area contributed by atoms with Crippen molar-refractivity contribution in [2.45, 2.75) is 6.18 Å². The zero-order chi connectivity index (χ0) is 15.9. The van der Waals surface area contributed by atoms with E-state index in [0.717, 1.165) is 11.3 Å². The van der Waals surface area contributed by atoms with Gasteiger partial charge in [0.25, 0.3) is 5.78 Å². The number of carbonyl (C=O) groups excluding carboxylic acids is 1. The van der Waals surface area contributed by atoms with E-state index in [0.29, 0.717) is 20.7 Å². The Hall–Kier alpha value is -1.85. The van der Waals surface area contributed by atoms with Crippen LogP contribution < -0.4 is 0 Å². The molecule has 112 valence electrons. The van der Waals surface area contributed by atoms with Crippen LogP contribution in [0.1, 0.15) is 9.67 Å². The number of ketones is 1.